The Bertz CT molecular complexity index is 1110. The molecule has 1 fully saturated rings. The summed E-state index contributed by atoms with van der Waals surface area (Å²) in [7, 11) is 0. The molecule has 1 N–H and O–H groups in total. The van der Waals surface area contributed by atoms with Gasteiger partial charge in [-0.1, -0.05) is 35.9 Å². The van der Waals surface area contributed by atoms with Crippen LogP contribution in [0.4, 0.5) is 10.1 Å². The number of fused-ring (bicyclic) bond motifs is 1. The number of carbonyl (C=O) groups excluding carboxylic acids is 1. The van der Waals surface area contributed by atoms with Crippen molar-refractivity contribution in [2.75, 3.05) is 24.5 Å². The molecule has 0 saturated carbocycles. The average molecular weight is 425 g/mol. The number of nitrogens with one attached hydrogen (secondary N) is 1. The lowest BCUT2D eigenvalue weighted by Gasteiger charge is -2.25. The molecule has 2 aliphatic rings. The first-order valence-electron chi connectivity index (χ1n) is 10.2. The standard InChI is InChI=1S/C23H22ClFN4O/c24-19-4-2-1-3-18(19)14-29-21(7-10-27-29)16-5-6-20-17(13-16)8-12-28(20)22(30)23(25)9-11-26-15-23/h1-7,10,13,26H,8-9,11-12,14-15H2. The molecule has 2 aliphatic heterocycles. The van der Waals surface area contributed by atoms with Gasteiger partial charge in [-0.2, -0.15) is 5.10 Å². The van der Waals surface area contributed by atoms with E-state index in [0.717, 1.165) is 34.5 Å². The van der Waals surface area contributed by atoms with Crippen LogP contribution in [0.3, 0.4) is 0 Å². The fraction of sp³-hybridized carbons (Fsp3) is 0.304. The number of amides is 1. The Balaban J connectivity index is 1.42. The van der Waals surface area contributed by atoms with Crippen molar-refractivity contribution in [2.24, 2.45) is 0 Å². The second kappa shape index (κ2) is 7.52. The number of benzene rings is 2. The predicted octanol–water partition coefficient (Wildman–Crippen LogP) is 3.84. The van der Waals surface area contributed by atoms with Crippen LogP contribution in [0.2, 0.25) is 5.02 Å². The molecule has 1 unspecified atom stereocenters. The second-order valence-electron chi connectivity index (χ2n) is 7.91. The number of anilines is 1. The van der Waals surface area contributed by atoms with Gasteiger partial charge < -0.3 is 10.2 Å². The fourth-order valence-corrected chi connectivity index (χ4v) is 4.55. The van der Waals surface area contributed by atoms with Crippen LogP contribution in [0, 0.1) is 0 Å². The van der Waals surface area contributed by atoms with E-state index in [1.807, 2.05) is 47.1 Å². The molecule has 1 saturated heterocycles. The minimum atomic E-state index is -1.80. The van der Waals surface area contributed by atoms with Crippen LogP contribution < -0.4 is 10.2 Å². The molecule has 1 amide bonds. The monoisotopic (exact) mass is 424 g/mol. The van der Waals surface area contributed by atoms with Crippen LogP contribution in [0.15, 0.2) is 54.7 Å². The predicted molar refractivity (Wildman–Crippen MR) is 116 cm³/mol. The van der Waals surface area contributed by atoms with E-state index in [0.29, 0.717) is 24.7 Å². The molecule has 0 radical (unpaired) electrons. The molecule has 3 aromatic rings. The first-order chi connectivity index (χ1) is 14.5. The van der Waals surface area contributed by atoms with Gasteiger partial charge in [-0.3, -0.25) is 9.48 Å². The number of aromatic nitrogens is 2. The van der Waals surface area contributed by atoms with E-state index < -0.39 is 11.6 Å². The molecular weight excluding hydrogens is 403 g/mol. The number of nitrogens with zero attached hydrogens (tertiary/aromatic N) is 3. The van der Waals surface area contributed by atoms with Crippen LogP contribution in [0.25, 0.3) is 11.3 Å². The third kappa shape index (κ3) is 3.30. The van der Waals surface area contributed by atoms with Crippen LogP contribution >= 0.6 is 11.6 Å². The van der Waals surface area contributed by atoms with Gasteiger partial charge in [0.1, 0.15) is 0 Å². The molecule has 5 nitrogen and oxygen atoms in total. The van der Waals surface area contributed by atoms with E-state index in [1.165, 1.54) is 0 Å². The maximum atomic E-state index is 15.0. The van der Waals surface area contributed by atoms with E-state index in [1.54, 1.807) is 11.1 Å². The fourth-order valence-electron chi connectivity index (χ4n) is 4.35. The number of alkyl halides is 1. The molecule has 3 heterocycles. The molecule has 154 valence electrons. The van der Waals surface area contributed by atoms with E-state index >= 15 is 0 Å². The zero-order chi connectivity index (χ0) is 20.7. The first kappa shape index (κ1) is 19.3. The highest BCUT2D eigenvalue weighted by Crippen LogP contribution is 2.35. The van der Waals surface area contributed by atoms with Gasteiger partial charge in [0.15, 0.2) is 0 Å². The largest absolute Gasteiger partial charge is 0.313 e. The Hall–Kier alpha value is -2.70. The molecule has 0 spiro atoms. The smallest absolute Gasteiger partial charge is 0.266 e. The van der Waals surface area contributed by atoms with Crippen LogP contribution in [0.5, 0.6) is 0 Å². The number of hydrogen-bond donors (Lipinski definition) is 1. The quantitative estimate of drug-likeness (QED) is 0.692. The molecule has 30 heavy (non-hydrogen) atoms. The Morgan fingerprint density at radius 3 is 2.90 bits per heavy atom. The summed E-state index contributed by atoms with van der Waals surface area (Å²) in [5.41, 5.74) is 3.06. The SMILES string of the molecule is O=C(N1CCc2cc(-c3ccnn3Cc3ccccc3Cl)ccc21)C1(F)CCNC1. The lowest BCUT2D eigenvalue weighted by molar-refractivity contribution is -0.128. The van der Waals surface area contributed by atoms with Crippen molar-refractivity contribution in [3.8, 4) is 11.3 Å². The number of hydrogen-bond acceptors (Lipinski definition) is 3. The van der Waals surface area contributed by atoms with Gasteiger partial charge in [0, 0.05) is 42.0 Å². The molecule has 5 rings (SSSR count). The summed E-state index contributed by atoms with van der Waals surface area (Å²) in [6.07, 6.45) is 2.73. The summed E-state index contributed by atoms with van der Waals surface area (Å²) in [6, 6.07) is 15.7. The summed E-state index contributed by atoms with van der Waals surface area (Å²) in [5, 5.41) is 8.13. The summed E-state index contributed by atoms with van der Waals surface area (Å²) in [4.78, 5) is 14.4. The van der Waals surface area contributed by atoms with Crippen molar-refractivity contribution >= 4 is 23.2 Å². The highest BCUT2D eigenvalue weighted by atomic mass is 35.5. The normalized spacial score (nSPS) is 20.5. The Morgan fingerprint density at radius 2 is 2.10 bits per heavy atom. The zero-order valence-corrected chi connectivity index (χ0v) is 17.2. The lowest BCUT2D eigenvalue weighted by Crippen LogP contribution is -2.47. The summed E-state index contributed by atoms with van der Waals surface area (Å²) in [5.74, 6) is -0.428. The third-order valence-electron chi connectivity index (χ3n) is 6.00. The summed E-state index contributed by atoms with van der Waals surface area (Å²) in [6.45, 7) is 1.72. The van der Waals surface area contributed by atoms with Gasteiger partial charge in [0.25, 0.3) is 5.91 Å². The Morgan fingerprint density at radius 1 is 1.23 bits per heavy atom. The maximum absolute atomic E-state index is 15.0. The van der Waals surface area contributed by atoms with Crippen molar-refractivity contribution in [3.05, 3.63) is 70.9 Å². The van der Waals surface area contributed by atoms with E-state index in [-0.39, 0.29) is 13.0 Å². The summed E-state index contributed by atoms with van der Waals surface area (Å²) < 4.78 is 16.9. The molecule has 0 aliphatic carbocycles. The maximum Gasteiger partial charge on any atom is 0.266 e. The van der Waals surface area contributed by atoms with Crippen molar-refractivity contribution < 1.29 is 9.18 Å². The first-order valence-corrected chi connectivity index (χ1v) is 10.5. The van der Waals surface area contributed by atoms with Crippen LogP contribution in [0.1, 0.15) is 17.5 Å². The van der Waals surface area contributed by atoms with Crippen LogP contribution in [-0.2, 0) is 17.8 Å². The number of halogens is 2. The Kier molecular flexibility index (Phi) is 4.83. The van der Waals surface area contributed by atoms with Gasteiger partial charge in [0.05, 0.1) is 12.2 Å². The van der Waals surface area contributed by atoms with Crippen molar-refractivity contribution in [1.82, 2.24) is 15.1 Å². The highest BCUT2D eigenvalue weighted by molar-refractivity contribution is 6.31. The van der Waals surface area contributed by atoms with Gasteiger partial charge in [0.2, 0.25) is 5.67 Å². The molecule has 2 aromatic carbocycles. The topological polar surface area (TPSA) is 50.2 Å². The van der Waals surface area contributed by atoms with Gasteiger partial charge in [-0.15, -0.1) is 0 Å². The minimum absolute atomic E-state index is 0.0942. The zero-order valence-electron chi connectivity index (χ0n) is 16.4. The van der Waals surface area contributed by atoms with Crippen molar-refractivity contribution in [2.45, 2.75) is 25.1 Å². The van der Waals surface area contributed by atoms with Gasteiger partial charge in [-0.05, 0) is 48.4 Å². The van der Waals surface area contributed by atoms with Gasteiger partial charge >= 0.3 is 0 Å². The van der Waals surface area contributed by atoms with E-state index in [2.05, 4.69) is 16.5 Å². The number of rotatable bonds is 4. The summed E-state index contributed by atoms with van der Waals surface area (Å²) >= 11 is 6.31. The molecular formula is C23H22ClFN4O. The van der Waals surface area contributed by atoms with E-state index in [4.69, 9.17) is 11.6 Å². The molecule has 7 heteroatoms. The lowest BCUT2D eigenvalue weighted by atomic mass is 10.0. The Labute approximate surface area is 179 Å². The van der Waals surface area contributed by atoms with E-state index in [9.17, 15) is 9.18 Å². The second-order valence-corrected chi connectivity index (χ2v) is 8.32. The average Bonchev–Trinajstić information content (AvgIpc) is 3.49. The number of carbonyl (C=O) groups is 1. The van der Waals surface area contributed by atoms with Gasteiger partial charge in [-0.25, -0.2) is 4.39 Å². The molecule has 1 aromatic heterocycles. The highest BCUT2D eigenvalue weighted by Gasteiger charge is 2.45. The minimum Gasteiger partial charge on any atom is -0.313 e. The third-order valence-corrected chi connectivity index (χ3v) is 6.37. The van der Waals surface area contributed by atoms with Crippen LogP contribution in [-0.4, -0.2) is 41.0 Å². The molecule has 1 atom stereocenters. The molecule has 0 bridgehead atoms. The van der Waals surface area contributed by atoms with Crippen molar-refractivity contribution in [1.29, 1.82) is 0 Å². The van der Waals surface area contributed by atoms with Crippen molar-refractivity contribution in [3.63, 3.8) is 0 Å².